The van der Waals surface area contributed by atoms with E-state index in [9.17, 15) is 27.2 Å². The average molecular weight is 492 g/mol. The molecule has 186 valence electrons. The SMILES string of the molecule is CCN(C(=O)Nc1cc(F)cc(C(F)(F)F)c1)C1CC2(C1)CN(C(=O)c1cnn3ccn(C)c13)C2. The third-order valence-corrected chi connectivity index (χ3v) is 6.96. The van der Waals surface area contributed by atoms with Crippen LogP contribution in [0.2, 0.25) is 0 Å². The molecule has 3 amide bonds. The number of carbonyl (C=O) groups excluding carboxylic acids is 2. The molecular weight excluding hydrogens is 468 g/mol. The highest BCUT2D eigenvalue weighted by Crippen LogP contribution is 2.50. The number of hydrogen-bond donors (Lipinski definition) is 1. The van der Waals surface area contributed by atoms with Crippen LogP contribution < -0.4 is 5.32 Å². The Morgan fingerprint density at radius 3 is 2.57 bits per heavy atom. The minimum absolute atomic E-state index is 0.0726. The molecule has 3 aromatic rings. The highest BCUT2D eigenvalue weighted by atomic mass is 19.4. The molecule has 1 spiro atoms. The number of carbonyl (C=O) groups is 2. The lowest BCUT2D eigenvalue weighted by molar-refractivity contribution is -0.137. The number of aryl methyl sites for hydroxylation is 1. The fourth-order valence-corrected chi connectivity index (χ4v) is 5.29. The molecule has 1 N–H and O–H groups in total. The molecule has 3 heterocycles. The number of aromatic nitrogens is 3. The summed E-state index contributed by atoms with van der Waals surface area (Å²) in [5.74, 6) is -1.17. The smallest absolute Gasteiger partial charge is 0.337 e. The second-order valence-corrected chi connectivity index (χ2v) is 9.40. The highest BCUT2D eigenvalue weighted by Gasteiger charge is 2.55. The van der Waals surface area contributed by atoms with Crippen LogP contribution in [0.15, 0.2) is 36.8 Å². The summed E-state index contributed by atoms with van der Waals surface area (Å²) < 4.78 is 56.1. The van der Waals surface area contributed by atoms with Crippen LogP contribution in [0.4, 0.5) is 28.0 Å². The molecule has 0 radical (unpaired) electrons. The largest absolute Gasteiger partial charge is 0.416 e. The Hall–Kier alpha value is -3.57. The van der Waals surface area contributed by atoms with Gasteiger partial charge >= 0.3 is 12.2 Å². The van der Waals surface area contributed by atoms with E-state index in [2.05, 4.69) is 10.4 Å². The van der Waals surface area contributed by atoms with Crippen LogP contribution in [0, 0.1) is 11.2 Å². The molecule has 0 atom stereocenters. The third-order valence-electron chi connectivity index (χ3n) is 6.96. The third kappa shape index (κ3) is 4.00. The van der Waals surface area contributed by atoms with Gasteiger partial charge in [-0.15, -0.1) is 0 Å². The summed E-state index contributed by atoms with van der Waals surface area (Å²) in [6.45, 7) is 3.27. The van der Waals surface area contributed by atoms with Gasteiger partial charge in [-0.05, 0) is 38.0 Å². The van der Waals surface area contributed by atoms with E-state index in [0.29, 0.717) is 50.2 Å². The van der Waals surface area contributed by atoms with Crippen LogP contribution in [0.5, 0.6) is 0 Å². The van der Waals surface area contributed by atoms with Gasteiger partial charge in [-0.1, -0.05) is 0 Å². The normalized spacial score (nSPS) is 17.4. The Labute approximate surface area is 198 Å². The molecule has 1 saturated carbocycles. The molecule has 8 nitrogen and oxygen atoms in total. The predicted molar refractivity (Wildman–Crippen MR) is 118 cm³/mol. The second-order valence-electron chi connectivity index (χ2n) is 9.40. The number of halogens is 4. The maximum Gasteiger partial charge on any atom is 0.416 e. The van der Waals surface area contributed by atoms with Crippen molar-refractivity contribution in [2.24, 2.45) is 12.5 Å². The lowest BCUT2D eigenvalue weighted by Crippen LogP contribution is -2.68. The first-order valence-corrected chi connectivity index (χ1v) is 11.2. The number of nitrogens with zero attached hydrogens (tertiary/aromatic N) is 5. The summed E-state index contributed by atoms with van der Waals surface area (Å²) in [7, 11) is 1.85. The summed E-state index contributed by atoms with van der Waals surface area (Å²) in [6, 6.07) is 1.28. The number of hydrogen-bond acceptors (Lipinski definition) is 3. The van der Waals surface area contributed by atoms with Gasteiger partial charge in [0.25, 0.3) is 5.91 Å². The molecule has 1 saturated heterocycles. The molecule has 1 aromatic carbocycles. The standard InChI is InChI=1S/C23H24F4N6O2/c1-3-32(21(35)29-16-7-14(23(25,26)27)6-15(24)8-16)17-9-22(10-17)12-31(13-22)20(34)18-11-28-33-5-4-30(2)19(18)33/h4-8,11,17H,3,9-10,12-13H2,1-2H3,(H,29,35). The average Bonchev–Trinajstić information content (AvgIpc) is 3.30. The summed E-state index contributed by atoms with van der Waals surface area (Å²) in [4.78, 5) is 29.0. The maximum absolute atomic E-state index is 13.7. The van der Waals surface area contributed by atoms with E-state index < -0.39 is 23.6 Å². The van der Waals surface area contributed by atoms with Crippen molar-refractivity contribution in [2.75, 3.05) is 25.0 Å². The van der Waals surface area contributed by atoms with Crippen LogP contribution in [-0.4, -0.2) is 61.6 Å². The minimum atomic E-state index is -4.72. The topological polar surface area (TPSA) is 74.9 Å². The van der Waals surface area contributed by atoms with E-state index in [1.165, 1.54) is 0 Å². The Bertz CT molecular complexity index is 1300. The van der Waals surface area contributed by atoms with E-state index in [0.717, 1.165) is 11.7 Å². The number of anilines is 1. The summed E-state index contributed by atoms with van der Waals surface area (Å²) in [6.07, 6.45) is 1.81. The second kappa shape index (κ2) is 7.99. The van der Waals surface area contributed by atoms with E-state index in [-0.39, 0.29) is 23.1 Å². The van der Waals surface area contributed by atoms with Crippen LogP contribution in [0.25, 0.3) is 5.65 Å². The minimum Gasteiger partial charge on any atom is -0.337 e. The maximum atomic E-state index is 13.7. The molecule has 2 fully saturated rings. The number of urea groups is 1. The molecule has 2 aliphatic rings. The lowest BCUT2D eigenvalue weighted by Gasteiger charge is -2.60. The van der Waals surface area contributed by atoms with E-state index in [1.807, 2.05) is 17.8 Å². The number of rotatable bonds is 4. The van der Waals surface area contributed by atoms with Gasteiger partial charge in [0.2, 0.25) is 0 Å². The van der Waals surface area contributed by atoms with Crippen LogP contribution in [0.1, 0.15) is 35.7 Å². The van der Waals surface area contributed by atoms with Crippen molar-refractivity contribution in [3.8, 4) is 0 Å². The van der Waals surface area contributed by atoms with Gasteiger partial charge in [0, 0.05) is 56.2 Å². The molecule has 0 bridgehead atoms. The van der Waals surface area contributed by atoms with Crippen molar-refractivity contribution >= 4 is 23.3 Å². The predicted octanol–water partition coefficient (Wildman–Crippen LogP) is 3.99. The lowest BCUT2D eigenvalue weighted by atomic mass is 9.60. The molecule has 35 heavy (non-hydrogen) atoms. The number of imidazole rings is 1. The zero-order chi connectivity index (χ0) is 25.1. The van der Waals surface area contributed by atoms with Crippen LogP contribution in [0.3, 0.4) is 0 Å². The van der Waals surface area contributed by atoms with Crippen molar-refractivity contribution in [3.05, 3.63) is 53.7 Å². The fraction of sp³-hybridized carbons (Fsp3) is 0.435. The number of fused-ring (bicyclic) bond motifs is 1. The van der Waals surface area contributed by atoms with Crippen LogP contribution >= 0.6 is 0 Å². The van der Waals surface area contributed by atoms with Gasteiger partial charge in [-0.2, -0.15) is 18.3 Å². The monoisotopic (exact) mass is 492 g/mol. The Balaban J connectivity index is 1.19. The van der Waals surface area contributed by atoms with Gasteiger partial charge in [-0.3, -0.25) is 4.79 Å². The Morgan fingerprint density at radius 2 is 1.91 bits per heavy atom. The number of alkyl halides is 3. The van der Waals surface area contributed by atoms with Crippen molar-refractivity contribution < 1.29 is 27.2 Å². The van der Waals surface area contributed by atoms with Gasteiger partial charge in [0.05, 0.1) is 11.8 Å². The van der Waals surface area contributed by atoms with E-state index in [4.69, 9.17) is 0 Å². The molecule has 5 rings (SSSR count). The Kier molecular flexibility index (Phi) is 5.29. The first-order chi connectivity index (χ1) is 16.5. The molecule has 2 aromatic heterocycles. The Morgan fingerprint density at radius 1 is 1.20 bits per heavy atom. The fourth-order valence-electron chi connectivity index (χ4n) is 5.29. The van der Waals surface area contributed by atoms with Gasteiger partial charge < -0.3 is 19.7 Å². The summed E-state index contributed by atoms with van der Waals surface area (Å²) in [5.41, 5.74) is -0.225. The first kappa shape index (κ1) is 23.2. The molecule has 0 unspecified atom stereocenters. The zero-order valence-corrected chi connectivity index (χ0v) is 19.1. The number of likely N-dealkylation sites (tertiary alicyclic amines) is 1. The van der Waals surface area contributed by atoms with Crippen LogP contribution in [-0.2, 0) is 13.2 Å². The number of nitrogens with one attached hydrogen (secondary N) is 1. The van der Waals surface area contributed by atoms with Crippen molar-refractivity contribution in [2.45, 2.75) is 32.0 Å². The highest BCUT2D eigenvalue weighted by molar-refractivity contribution is 6.00. The molecule has 1 aliphatic heterocycles. The number of benzene rings is 1. The van der Waals surface area contributed by atoms with Crippen molar-refractivity contribution in [3.63, 3.8) is 0 Å². The molecule has 12 heteroatoms. The summed E-state index contributed by atoms with van der Waals surface area (Å²) in [5, 5.41) is 6.60. The summed E-state index contributed by atoms with van der Waals surface area (Å²) >= 11 is 0. The molecule has 1 aliphatic carbocycles. The van der Waals surface area contributed by atoms with Crippen molar-refractivity contribution in [1.82, 2.24) is 24.0 Å². The quantitative estimate of drug-likeness (QED) is 0.560. The zero-order valence-electron chi connectivity index (χ0n) is 19.1. The first-order valence-electron chi connectivity index (χ1n) is 11.2. The van der Waals surface area contributed by atoms with E-state index in [1.54, 1.807) is 33.6 Å². The van der Waals surface area contributed by atoms with Gasteiger partial charge in [0.1, 0.15) is 17.0 Å². The number of amides is 3. The van der Waals surface area contributed by atoms with Gasteiger partial charge in [0.15, 0.2) is 0 Å². The van der Waals surface area contributed by atoms with E-state index >= 15 is 0 Å². The van der Waals surface area contributed by atoms with Gasteiger partial charge in [-0.25, -0.2) is 13.7 Å². The molecular formula is C23H24F4N6O2. The van der Waals surface area contributed by atoms with Crippen molar-refractivity contribution in [1.29, 1.82) is 0 Å².